The van der Waals surface area contributed by atoms with E-state index in [1.807, 2.05) is 0 Å². The molecule has 0 nitrogen and oxygen atoms in total. The highest BCUT2D eigenvalue weighted by molar-refractivity contribution is 7.16. The van der Waals surface area contributed by atoms with E-state index >= 15 is 0 Å². The zero-order chi connectivity index (χ0) is 29.2. The summed E-state index contributed by atoms with van der Waals surface area (Å²) in [7, 11) is -2.52. The van der Waals surface area contributed by atoms with Gasteiger partial charge in [-0.3, -0.25) is 0 Å². The molecule has 0 aliphatic heterocycles. The minimum Gasteiger partial charge on any atom is -0.0730 e. The van der Waals surface area contributed by atoms with Crippen LogP contribution in [0.2, 0.25) is 0 Å². The van der Waals surface area contributed by atoms with E-state index in [9.17, 15) is 0 Å². The molecular weight excluding hydrogens is 521 g/mol. The highest BCUT2D eigenvalue weighted by Gasteiger charge is 2.43. The molecule has 0 saturated heterocycles. The summed E-state index contributed by atoms with van der Waals surface area (Å²) in [5.41, 5.74) is 7.04. The van der Waals surface area contributed by atoms with Crippen LogP contribution in [0.3, 0.4) is 0 Å². The third kappa shape index (κ3) is 6.63. The third-order valence-corrected chi connectivity index (χ3v) is 14.0. The maximum atomic E-state index is 2.54. The van der Waals surface area contributed by atoms with Crippen molar-refractivity contribution < 1.29 is 0 Å². The Morgan fingerprint density at radius 2 is 0.905 bits per heavy atom. The van der Waals surface area contributed by atoms with Gasteiger partial charge in [0.05, 0.1) is 0 Å². The lowest BCUT2D eigenvalue weighted by molar-refractivity contribution is 0.795. The van der Waals surface area contributed by atoms with Crippen LogP contribution < -0.4 is 15.6 Å². The fourth-order valence-corrected chi connectivity index (χ4v) is 11.5. The molecule has 4 aromatic rings. The molecular formula is C41H48Si. The molecule has 42 heavy (non-hydrogen) atoms. The van der Waals surface area contributed by atoms with Gasteiger partial charge in [-0.1, -0.05) is 161 Å². The molecule has 4 aromatic carbocycles. The Bertz CT molecular complexity index is 1330. The number of aryl methyl sites for hydroxylation is 3. The predicted molar refractivity (Wildman–Crippen MR) is 187 cm³/mol. The summed E-state index contributed by atoms with van der Waals surface area (Å²) < 4.78 is 0. The van der Waals surface area contributed by atoms with Gasteiger partial charge in [-0.15, -0.1) is 0 Å². The van der Waals surface area contributed by atoms with E-state index in [-0.39, 0.29) is 0 Å². The lowest BCUT2D eigenvalue weighted by Crippen LogP contribution is -2.68. The van der Waals surface area contributed by atoms with Gasteiger partial charge in [-0.2, -0.15) is 0 Å². The van der Waals surface area contributed by atoms with E-state index in [0.29, 0.717) is 0 Å². The zero-order valence-electron chi connectivity index (χ0n) is 26.0. The van der Waals surface area contributed by atoms with Crippen LogP contribution in [-0.4, -0.2) is 8.07 Å². The van der Waals surface area contributed by atoms with E-state index < -0.39 is 8.07 Å². The maximum absolute atomic E-state index is 2.54. The molecule has 0 aromatic heterocycles. The monoisotopic (exact) mass is 568 g/mol. The number of rotatable bonds is 14. The van der Waals surface area contributed by atoms with Crippen molar-refractivity contribution in [2.45, 2.75) is 85.0 Å². The second kappa shape index (κ2) is 14.7. The molecule has 0 radical (unpaired) electrons. The lowest BCUT2D eigenvalue weighted by atomic mass is 10.1. The fourth-order valence-electron chi connectivity index (χ4n) is 6.58. The van der Waals surface area contributed by atoms with Gasteiger partial charge in [0.15, 0.2) is 8.07 Å². The van der Waals surface area contributed by atoms with Crippen molar-refractivity contribution in [2.75, 3.05) is 0 Å². The minimum atomic E-state index is -2.52. The summed E-state index contributed by atoms with van der Waals surface area (Å²) in [4.78, 5) is 0. The predicted octanol–water partition coefficient (Wildman–Crippen LogP) is 9.14. The van der Waals surface area contributed by atoms with E-state index in [0.717, 1.165) is 25.7 Å². The Labute approximate surface area is 256 Å². The van der Waals surface area contributed by atoms with Gasteiger partial charge in [0, 0.05) is 0 Å². The highest BCUT2D eigenvalue weighted by Crippen LogP contribution is 2.32. The molecule has 0 N–H and O–H groups in total. The van der Waals surface area contributed by atoms with Gasteiger partial charge in [0.25, 0.3) is 0 Å². The molecule has 216 valence electrons. The Balaban J connectivity index is 1.69. The number of unbranched alkanes of at least 4 members (excludes halogenated alkanes) is 3. The molecule has 0 heterocycles. The topological polar surface area (TPSA) is 0 Å². The SMILES string of the molecule is CCCCc1ccc([Si](C2=CC(c3ccccc3)=CC2)(c2ccc(CCCC)cc2)c2ccc(CCCC)cc2)cc1. The molecule has 1 aliphatic carbocycles. The zero-order valence-corrected chi connectivity index (χ0v) is 27.0. The van der Waals surface area contributed by atoms with Gasteiger partial charge in [0.1, 0.15) is 0 Å². The first kappa shape index (κ1) is 30.0. The van der Waals surface area contributed by atoms with Gasteiger partial charge < -0.3 is 0 Å². The lowest BCUT2D eigenvalue weighted by Gasteiger charge is -2.36. The normalized spacial score (nSPS) is 13.2. The minimum absolute atomic E-state index is 1.00. The Morgan fingerprint density at radius 1 is 0.500 bits per heavy atom. The van der Waals surface area contributed by atoms with Gasteiger partial charge >= 0.3 is 0 Å². The van der Waals surface area contributed by atoms with E-state index in [4.69, 9.17) is 0 Å². The van der Waals surface area contributed by atoms with Crippen molar-refractivity contribution in [3.8, 4) is 0 Å². The van der Waals surface area contributed by atoms with Crippen molar-refractivity contribution >= 4 is 29.2 Å². The molecule has 0 atom stereocenters. The summed E-state index contributed by atoms with van der Waals surface area (Å²) in [6, 6.07) is 40.3. The molecule has 1 aliphatic rings. The second-order valence-electron chi connectivity index (χ2n) is 12.1. The van der Waals surface area contributed by atoms with Crippen LogP contribution in [0.1, 0.15) is 88.0 Å². The second-order valence-corrected chi connectivity index (χ2v) is 15.9. The number of benzene rings is 4. The molecule has 0 fully saturated rings. The van der Waals surface area contributed by atoms with Crippen LogP contribution in [0.15, 0.2) is 120 Å². The summed E-state index contributed by atoms with van der Waals surface area (Å²) >= 11 is 0. The van der Waals surface area contributed by atoms with Crippen LogP contribution in [0.4, 0.5) is 0 Å². The standard InChI is InChI=1S/C41H48Si/c1-4-7-13-33-18-25-38(26-19-33)42(39-27-20-34(21-28-39)14-8-5-2,40-29-22-35(23-30-40)15-9-6-3)41-31-24-37(32-41)36-16-11-10-12-17-36/h10-12,16-30,32H,4-9,13-15,31H2,1-3H3. The van der Waals surface area contributed by atoms with Crippen LogP contribution >= 0.6 is 0 Å². The van der Waals surface area contributed by atoms with E-state index in [1.54, 1.807) is 5.20 Å². The Morgan fingerprint density at radius 3 is 1.29 bits per heavy atom. The van der Waals surface area contributed by atoms with Crippen molar-refractivity contribution in [1.29, 1.82) is 0 Å². The average molecular weight is 569 g/mol. The van der Waals surface area contributed by atoms with Gasteiger partial charge in [0.2, 0.25) is 0 Å². The first-order valence-electron chi connectivity index (χ1n) is 16.4. The number of hydrogen-bond donors (Lipinski definition) is 0. The highest BCUT2D eigenvalue weighted by atomic mass is 28.3. The summed E-state index contributed by atoms with van der Waals surface area (Å²) in [6.45, 7) is 6.85. The first-order chi connectivity index (χ1) is 20.7. The quantitative estimate of drug-likeness (QED) is 0.105. The molecule has 1 heteroatoms. The van der Waals surface area contributed by atoms with Crippen LogP contribution in [0, 0.1) is 0 Å². The molecule has 0 saturated carbocycles. The van der Waals surface area contributed by atoms with Crippen molar-refractivity contribution in [3.63, 3.8) is 0 Å². The molecule has 5 rings (SSSR count). The fraction of sp³-hybridized carbons (Fsp3) is 0.317. The van der Waals surface area contributed by atoms with Crippen LogP contribution in [0.5, 0.6) is 0 Å². The summed E-state index contributed by atoms with van der Waals surface area (Å²) in [5.74, 6) is 0. The van der Waals surface area contributed by atoms with Crippen LogP contribution in [-0.2, 0) is 19.3 Å². The number of allylic oxidation sites excluding steroid dienone is 4. The van der Waals surface area contributed by atoms with Gasteiger partial charge in [-0.05, 0) is 88.3 Å². The third-order valence-electron chi connectivity index (χ3n) is 9.08. The Hall–Kier alpha value is -3.42. The van der Waals surface area contributed by atoms with Crippen molar-refractivity contribution in [1.82, 2.24) is 0 Å². The summed E-state index contributed by atoms with van der Waals surface area (Å²) in [5, 5.41) is 6.09. The largest absolute Gasteiger partial charge is 0.175 e. The van der Waals surface area contributed by atoms with E-state index in [2.05, 4.69) is 136 Å². The molecule has 0 unspecified atom stereocenters. The summed E-state index contributed by atoms with van der Waals surface area (Å²) in [6.07, 6.45) is 16.9. The number of hydrogen-bond acceptors (Lipinski definition) is 0. The van der Waals surface area contributed by atoms with Crippen molar-refractivity contribution in [2.24, 2.45) is 0 Å². The Kier molecular flexibility index (Phi) is 10.5. The smallest absolute Gasteiger partial charge is 0.0730 e. The van der Waals surface area contributed by atoms with E-state index in [1.165, 1.54) is 81.9 Å². The molecule has 0 bridgehead atoms. The van der Waals surface area contributed by atoms with Crippen LogP contribution in [0.25, 0.3) is 5.57 Å². The first-order valence-corrected chi connectivity index (χ1v) is 18.4. The van der Waals surface area contributed by atoms with Gasteiger partial charge in [-0.25, -0.2) is 0 Å². The average Bonchev–Trinajstić information content (AvgIpc) is 3.55. The maximum Gasteiger partial charge on any atom is 0.175 e. The molecule has 0 spiro atoms. The molecule has 0 amide bonds. The van der Waals surface area contributed by atoms with Crippen molar-refractivity contribution in [3.05, 3.63) is 143 Å².